The summed E-state index contributed by atoms with van der Waals surface area (Å²) in [7, 11) is 1.79. The monoisotopic (exact) mass is 114 g/mol. The van der Waals surface area contributed by atoms with Crippen LogP contribution in [-0.4, -0.2) is 18.2 Å². The number of hydroxylamine groups is 2. The van der Waals surface area contributed by atoms with Gasteiger partial charge in [0.25, 0.3) is 0 Å². The van der Waals surface area contributed by atoms with Crippen LogP contribution in [0.2, 0.25) is 0 Å². The fraction of sp³-hybridized carbons (Fsp3) is 0.600. The lowest BCUT2D eigenvalue weighted by atomic mass is 10.4. The van der Waals surface area contributed by atoms with Gasteiger partial charge in [0.2, 0.25) is 0 Å². The summed E-state index contributed by atoms with van der Waals surface area (Å²) in [5, 5.41) is 1.56. The van der Waals surface area contributed by atoms with Gasteiger partial charge < -0.3 is 5.73 Å². The third-order valence-electron chi connectivity index (χ3n) is 1.09. The molecule has 0 aromatic heterocycles. The maximum Gasteiger partial charge on any atom is 0.122 e. The van der Waals surface area contributed by atoms with Crippen molar-refractivity contribution in [2.45, 2.75) is 13.0 Å². The standard InChI is InChI=1S/C5H10N2O/c1-4-3-5(6)7(2)8-4/h3-4H,6H2,1-2H3. The molecule has 1 atom stereocenters. The Kier molecular flexibility index (Phi) is 1.13. The molecule has 0 bridgehead atoms. The van der Waals surface area contributed by atoms with Crippen LogP contribution in [0.1, 0.15) is 6.92 Å². The van der Waals surface area contributed by atoms with Crippen molar-refractivity contribution in [3.05, 3.63) is 11.9 Å². The largest absolute Gasteiger partial charge is 0.384 e. The maximum absolute atomic E-state index is 5.43. The molecule has 0 amide bonds. The molecular weight excluding hydrogens is 104 g/mol. The first kappa shape index (κ1) is 5.44. The Morgan fingerprint density at radius 3 is 2.62 bits per heavy atom. The Morgan fingerprint density at radius 1 is 1.88 bits per heavy atom. The first-order chi connectivity index (χ1) is 3.70. The predicted molar refractivity (Wildman–Crippen MR) is 30.6 cm³/mol. The van der Waals surface area contributed by atoms with E-state index in [0.717, 1.165) is 0 Å². The summed E-state index contributed by atoms with van der Waals surface area (Å²) in [5.41, 5.74) is 5.43. The third-order valence-corrected chi connectivity index (χ3v) is 1.09. The van der Waals surface area contributed by atoms with Crippen LogP contribution in [-0.2, 0) is 4.84 Å². The van der Waals surface area contributed by atoms with Crippen LogP contribution in [0, 0.1) is 0 Å². The summed E-state index contributed by atoms with van der Waals surface area (Å²) in [6.45, 7) is 1.94. The Labute approximate surface area is 48.7 Å². The lowest BCUT2D eigenvalue weighted by Crippen LogP contribution is -2.18. The molecule has 1 heterocycles. The molecule has 1 aliphatic rings. The molecule has 0 radical (unpaired) electrons. The minimum absolute atomic E-state index is 0.139. The summed E-state index contributed by atoms with van der Waals surface area (Å²) in [5.74, 6) is 0.692. The average molecular weight is 114 g/mol. The van der Waals surface area contributed by atoms with Gasteiger partial charge in [-0.15, -0.1) is 0 Å². The fourth-order valence-electron chi connectivity index (χ4n) is 0.686. The van der Waals surface area contributed by atoms with E-state index in [0.29, 0.717) is 5.82 Å². The number of nitrogens with two attached hydrogens (primary N) is 1. The summed E-state index contributed by atoms with van der Waals surface area (Å²) in [6, 6.07) is 0. The SMILES string of the molecule is CC1C=C(N)N(C)O1. The van der Waals surface area contributed by atoms with Crippen molar-refractivity contribution in [3.63, 3.8) is 0 Å². The Balaban J connectivity index is 2.59. The fourth-order valence-corrected chi connectivity index (χ4v) is 0.686. The van der Waals surface area contributed by atoms with Gasteiger partial charge >= 0.3 is 0 Å². The van der Waals surface area contributed by atoms with Crippen molar-refractivity contribution >= 4 is 0 Å². The highest BCUT2D eigenvalue weighted by Gasteiger charge is 2.13. The molecule has 0 aromatic rings. The van der Waals surface area contributed by atoms with E-state index in [1.807, 2.05) is 13.0 Å². The third kappa shape index (κ3) is 0.767. The van der Waals surface area contributed by atoms with Gasteiger partial charge in [0.05, 0.1) is 0 Å². The molecule has 0 aromatic carbocycles. The summed E-state index contributed by atoms with van der Waals surface area (Å²) >= 11 is 0. The molecule has 1 aliphatic heterocycles. The normalized spacial score (nSPS) is 28.5. The zero-order chi connectivity index (χ0) is 6.15. The number of rotatable bonds is 0. The Bertz CT molecular complexity index is 122. The topological polar surface area (TPSA) is 38.5 Å². The van der Waals surface area contributed by atoms with E-state index in [4.69, 9.17) is 10.6 Å². The van der Waals surface area contributed by atoms with Gasteiger partial charge in [0, 0.05) is 7.05 Å². The highest BCUT2D eigenvalue weighted by atomic mass is 16.7. The van der Waals surface area contributed by atoms with Crippen LogP contribution in [0.25, 0.3) is 0 Å². The van der Waals surface area contributed by atoms with Gasteiger partial charge in [-0.25, -0.2) is 5.06 Å². The molecule has 1 unspecified atom stereocenters. The molecule has 3 heteroatoms. The highest BCUT2D eigenvalue weighted by molar-refractivity contribution is 5.00. The van der Waals surface area contributed by atoms with E-state index in [-0.39, 0.29) is 6.10 Å². The highest BCUT2D eigenvalue weighted by Crippen LogP contribution is 2.09. The zero-order valence-corrected chi connectivity index (χ0v) is 5.09. The molecular formula is C5H10N2O. The maximum atomic E-state index is 5.43. The van der Waals surface area contributed by atoms with Gasteiger partial charge in [0.15, 0.2) is 0 Å². The number of hydrogen-bond donors (Lipinski definition) is 1. The summed E-state index contributed by atoms with van der Waals surface area (Å²) in [6.07, 6.45) is 2.00. The van der Waals surface area contributed by atoms with E-state index in [1.165, 1.54) is 0 Å². The zero-order valence-electron chi connectivity index (χ0n) is 5.09. The predicted octanol–water partition coefficient (Wildman–Crippen LogP) is 0.0520. The first-order valence-electron chi connectivity index (χ1n) is 2.58. The molecule has 0 aliphatic carbocycles. The van der Waals surface area contributed by atoms with Gasteiger partial charge in [-0.05, 0) is 13.0 Å². The number of nitrogens with zero attached hydrogens (tertiary/aromatic N) is 1. The molecule has 0 saturated heterocycles. The smallest absolute Gasteiger partial charge is 0.122 e. The van der Waals surface area contributed by atoms with Gasteiger partial charge in [-0.1, -0.05) is 0 Å². The van der Waals surface area contributed by atoms with Crippen LogP contribution in [0.3, 0.4) is 0 Å². The van der Waals surface area contributed by atoms with Crippen molar-refractivity contribution in [2.24, 2.45) is 5.73 Å². The minimum atomic E-state index is 0.139. The second-order valence-electron chi connectivity index (χ2n) is 1.90. The first-order valence-corrected chi connectivity index (χ1v) is 2.58. The van der Waals surface area contributed by atoms with E-state index in [2.05, 4.69) is 0 Å². The van der Waals surface area contributed by atoms with Crippen LogP contribution in [0.15, 0.2) is 11.9 Å². The van der Waals surface area contributed by atoms with E-state index in [9.17, 15) is 0 Å². The molecule has 8 heavy (non-hydrogen) atoms. The number of hydrogen-bond acceptors (Lipinski definition) is 3. The van der Waals surface area contributed by atoms with E-state index < -0.39 is 0 Å². The molecule has 1 rings (SSSR count). The average Bonchev–Trinajstić information content (AvgIpc) is 1.85. The molecule has 0 fully saturated rings. The van der Waals surface area contributed by atoms with Gasteiger partial charge in [-0.2, -0.15) is 0 Å². The lowest BCUT2D eigenvalue weighted by Gasteiger charge is -2.11. The Morgan fingerprint density at radius 2 is 2.50 bits per heavy atom. The summed E-state index contributed by atoms with van der Waals surface area (Å²) < 4.78 is 0. The van der Waals surface area contributed by atoms with Crippen molar-refractivity contribution in [2.75, 3.05) is 7.05 Å². The van der Waals surface area contributed by atoms with Crippen LogP contribution < -0.4 is 5.73 Å². The molecule has 46 valence electrons. The van der Waals surface area contributed by atoms with Crippen molar-refractivity contribution in [3.8, 4) is 0 Å². The van der Waals surface area contributed by atoms with Gasteiger partial charge in [0.1, 0.15) is 11.9 Å². The van der Waals surface area contributed by atoms with Gasteiger partial charge in [-0.3, -0.25) is 4.84 Å². The van der Waals surface area contributed by atoms with E-state index >= 15 is 0 Å². The molecule has 0 spiro atoms. The molecule has 0 saturated carbocycles. The quantitative estimate of drug-likeness (QED) is 0.483. The molecule has 2 N–H and O–H groups in total. The van der Waals surface area contributed by atoms with Crippen molar-refractivity contribution in [1.82, 2.24) is 5.06 Å². The van der Waals surface area contributed by atoms with Crippen LogP contribution >= 0.6 is 0 Å². The summed E-state index contributed by atoms with van der Waals surface area (Å²) in [4.78, 5) is 5.09. The second kappa shape index (κ2) is 1.67. The van der Waals surface area contributed by atoms with Crippen LogP contribution in [0.4, 0.5) is 0 Å². The Hall–Kier alpha value is -0.700. The molecule has 3 nitrogen and oxygen atoms in total. The lowest BCUT2D eigenvalue weighted by molar-refractivity contribution is -0.113. The second-order valence-corrected chi connectivity index (χ2v) is 1.90. The van der Waals surface area contributed by atoms with Crippen molar-refractivity contribution < 1.29 is 4.84 Å². The van der Waals surface area contributed by atoms with Crippen molar-refractivity contribution in [1.29, 1.82) is 0 Å². The van der Waals surface area contributed by atoms with E-state index in [1.54, 1.807) is 12.1 Å². The minimum Gasteiger partial charge on any atom is -0.384 e. The van der Waals surface area contributed by atoms with Crippen LogP contribution in [0.5, 0.6) is 0 Å².